The van der Waals surface area contributed by atoms with Gasteiger partial charge >= 0.3 is 0 Å². The number of nitrogens with one attached hydrogen (secondary N) is 1. The lowest BCUT2D eigenvalue weighted by atomic mass is 10.2. The molecule has 0 spiro atoms. The van der Waals surface area contributed by atoms with Crippen LogP contribution in [0.5, 0.6) is 5.75 Å². The van der Waals surface area contributed by atoms with Gasteiger partial charge in [0.05, 0.1) is 0 Å². The van der Waals surface area contributed by atoms with Crippen LogP contribution in [0.4, 0.5) is 0 Å². The van der Waals surface area contributed by atoms with Crippen molar-refractivity contribution in [2.24, 2.45) is 0 Å². The van der Waals surface area contributed by atoms with Gasteiger partial charge in [-0.1, -0.05) is 35.0 Å². The maximum absolute atomic E-state index is 11.7. The van der Waals surface area contributed by atoms with Crippen molar-refractivity contribution in [1.82, 2.24) is 15.5 Å². The third-order valence-corrected chi connectivity index (χ3v) is 3.60. The van der Waals surface area contributed by atoms with Gasteiger partial charge in [-0.15, -0.1) is 0 Å². The molecule has 0 bridgehead atoms. The predicted octanol–water partition coefficient (Wildman–Crippen LogP) is 3.13. The first-order valence-corrected chi connectivity index (χ1v) is 8.11. The van der Waals surface area contributed by atoms with Gasteiger partial charge in [0.15, 0.2) is 6.61 Å². The average molecular weight is 358 g/mol. The third-order valence-electron chi connectivity index (χ3n) is 3.34. The van der Waals surface area contributed by atoms with Crippen molar-refractivity contribution in [2.45, 2.75) is 6.42 Å². The summed E-state index contributed by atoms with van der Waals surface area (Å²) >= 11 is 5.85. The molecule has 0 fully saturated rings. The summed E-state index contributed by atoms with van der Waals surface area (Å²) in [5.74, 6) is 1.39. The third kappa shape index (κ3) is 5.06. The lowest BCUT2D eigenvalue weighted by Crippen LogP contribution is -2.30. The number of amides is 1. The highest BCUT2D eigenvalue weighted by Gasteiger charge is 2.09. The normalized spacial score (nSPS) is 10.4. The number of aromatic nitrogens is 2. The first-order chi connectivity index (χ1) is 12.2. The van der Waals surface area contributed by atoms with E-state index < -0.39 is 0 Å². The van der Waals surface area contributed by atoms with Crippen LogP contribution >= 0.6 is 11.6 Å². The molecule has 2 aromatic carbocycles. The Morgan fingerprint density at radius 3 is 2.64 bits per heavy atom. The van der Waals surface area contributed by atoms with Crippen molar-refractivity contribution < 1.29 is 14.1 Å². The number of benzene rings is 2. The molecule has 0 unspecified atom stereocenters. The number of ether oxygens (including phenoxy) is 1. The molecule has 3 aromatic rings. The second kappa shape index (κ2) is 8.30. The highest BCUT2D eigenvalue weighted by molar-refractivity contribution is 6.30. The fourth-order valence-corrected chi connectivity index (χ4v) is 2.22. The summed E-state index contributed by atoms with van der Waals surface area (Å²) in [5.41, 5.74) is 0.819. The van der Waals surface area contributed by atoms with Crippen LogP contribution in [-0.4, -0.2) is 29.2 Å². The Hall–Kier alpha value is -2.86. The minimum absolute atomic E-state index is 0.0378. The standard InChI is InChI=1S/C18H16ClN3O3/c19-14-8-6-13(7-9-14)18-21-17(25-22-18)10-11-20-16(23)12-24-15-4-2-1-3-5-15/h1-9H,10-12H2,(H,20,23). The summed E-state index contributed by atoms with van der Waals surface area (Å²) in [4.78, 5) is 16.0. The molecular weight excluding hydrogens is 342 g/mol. The van der Waals surface area contributed by atoms with Gasteiger partial charge in [-0.2, -0.15) is 4.98 Å². The second-order valence-corrected chi connectivity index (χ2v) is 5.66. The molecule has 1 N–H and O–H groups in total. The lowest BCUT2D eigenvalue weighted by Gasteiger charge is -2.06. The van der Waals surface area contributed by atoms with E-state index >= 15 is 0 Å². The van der Waals surface area contributed by atoms with E-state index in [4.69, 9.17) is 20.9 Å². The Labute approximate surface area is 149 Å². The number of hydrogen-bond donors (Lipinski definition) is 1. The number of para-hydroxylation sites is 1. The van der Waals surface area contributed by atoms with Gasteiger partial charge in [-0.05, 0) is 36.4 Å². The Balaban J connectivity index is 1.43. The van der Waals surface area contributed by atoms with Crippen LogP contribution in [0.25, 0.3) is 11.4 Å². The van der Waals surface area contributed by atoms with Crippen molar-refractivity contribution in [1.29, 1.82) is 0 Å². The van der Waals surface area contributed by atoms with Gasteiger partial charge in [0.25, 0.3) is 5.91 Å². The Morgan fingerprint density at radius 1 is 1.12 bits per heavy atom. The van der Waals surface area contributed by atoms with Crippen LogP contribution in [0.3, 0.4) is 0 Å². The fraction of sp³-hybridized carbons (Fsp3) is 0.167. The first kappa shape index (κ1) is 17.0. The molecule has 1 aromatic heterocycles. The van der Waals surface area contributed by atoms with Crippen LogP contribution in [-0.2, 0) is 11.2 Å². The number of halogens is 1. The van der Waals surface area contributed by atoms with Gasteiger partial charge in [0, 0.05) is 23.6 Å². The number of carbonyl (C=O) groups excluding carboxylic acids is 1. The lowest BCUT2D eigenvalue weighted by molar-refractivity contribution is -0.123. The molecule has 0 aliphatic rings. The largest absolute Gasteiger partial charge is 0.484 e. The zero-order valence-corrected chi connectivity index (χ0v) is 14.1. The maximum atomic E-state index is 11.7. The molecule has 3 rings (SSSR count). The minimum atomic E-state index is -0.207. The van der Waals surface area contributed by atoms with E-state index in [1.165, 1.54) is 0 Å². The maximum Gasteiger partial charge on any atom is 0.257 e. The zero-order valence-electron chi connectivity index (χ0n) is 13.3. The second-order valence-electron chi connectivity index (χ2n) is 5.22. The molecule has 0 aliphatic heterocycles. The number of carbonyl (C=O) groups is 1. The Bertz CT molecular complexity index is 819. The number of hydrogen-bond acceptors (Lipinski definition) is 5. The van der Waals surface area contributed by atoms with Crippen molar-refractivity contribution in [2.75, 3.05) is 13.2 Å². The predicted molar refractivity (Wildman–Crippen MR) is 93.4 cm³/mol. The highest BCUT2D eigenvalue weighted by Crippen LogP contribution is 2.18. The molecule has 6 nitrogen and oxygen atoms in total. The molecule has 25 heavy (non-hydrogen) atoms. The summed E-state index contributed by atoms with van der Waals surface area (Å²) in [7, 11) is 0. The van der Waals surface area contributed by atoms with Gasteiger partial charge in [0.2, 0.25) is 11.7 Å². The van der Waals surface area contributed by atoms with Crippen molar-refractivity contribution in [3.63, 3.8) is 0 Å². The molecule has 1 amide bonds. The molecule has 0 saturated heterocycles. The summed E-state index contributed by atoms with van der Waals surface area (Å²) in [5, 5.41) is 7.32. The van der Waals surface area contributed by atoms with E-state index in [2.05, 4.69) is 15.5 Å². The summed E-state index contributed by atoms with van der Waals surface area (Å²) < 4.78 is 10.6. The van der Waals surface area contributed by atoms with Crippen LogP contribution in [0.15, 0.2) is 59.1 Å². The Kier molecular flexibility index (Phi) is 5.64. The molecule has 0 radical (unpaired) electrons. The Morgan fingerprint density at radius 2 is 1.88 bits per heavy atom. The van der Waals surface area contributed by atoms with Gasteiger partial charge in [-0.25, -0.2) is 0 Å². The highest BCUT2D eigenvalue weighted by atomic mass is 35.5. The SMILES string of the molecule is O=C(COc1ccccc1)NCCc1nc(-c2ccc(Cl)cc2)no1. The summed E-state index contributed by atoms with van der Waals surface area (Å²) in [6.45, 7) is 0.350. The van der Waals surface area contributed by atoms with Crippen LogP contribution in [0.2, 0.25) is 5.02 Å². The molecule has 0 aliphatic carbocycles. The molecular formula is C18H16ClN3O3. The topological polar surface area (TPSA) is 77.2 Å². The molecule has 1 heterocycles. The van der Waals surface area contributed by atoms with Crippen LogP contribution in [0.1, 0.15) is 5.89 Å². The van der Waals surface area contributed by atoms with Gasteiger partial charge in [0.1, 0.15) is 5.75 Å². The quantitative estimate of drug-likeness (QED) is 0.703. The summed E-state index contributed by atoms with van der Waals surface area (Å²) in [6.07, 6.45) is 0.442. The number of rotatable bonds is 7. The minimum Gasteiger partial charge on any atom is -0.484 e. The number of nitrogens with zero attached hydrogens (tertiary/aromatic N) is 2. The molecule has 7 heteroatoms. The zero-order chi connectivity index (χ0) is 17.5. The fourth-order valence-electron chi connectivity index (χ4n) is 2.10. The van der Waals surface area contributed by atoms with E-state index in [9.17, 15) is 4.79 Å². The van der Waals surface area contributed by atoms with Crippen LogP contribution < -0.4 is 10.1 Å². The van der Waals surface area contributed by atoms with E-state index in [0.29, 0.717) is 35.5 Å². The van der Waals surface area contributed by atoms with E-state index in [1.54, 1.807) is 24.3 Å². The van der Waals surface area contributed by atoms with Gasteiger partial charge < -0.3 is 14.6 Å². The van der Waals surface area contributed by atoms with E-state index in [-0.39, 0.29) is 12.5 Å². The van der Waals surface area contributed by atoms with Gasteiger partial charge in [-0.3, -0.25) is 4.79 Å². The van der Waals surface area contributed by atoms with Crippen molar-refractivity contribution in [3.05, 3.63) is 65.5 Å². The smallest absolute Gasteiger partial charge is 0.257 e. The monoisotopic (exact) mass is 357 g/mol. The van der Waals surface area contributed by atoms with Crippen molar-refractivity contribution >= 4 is 17.5 Å². The molecule has 128 valence electrons. The molecule has 0 saturated carbocycles. The summed E-state index contributed by atoms with van der Waals surface area (Å²) in [6, 6.07) is 16.3. The average Bonchev–Trinajstić information content (AvgIpc) is 3.10. The van der Waals surface area contributed by atoms with Crippen LogP contribution in [0, 0.1) is 0 Å². The van der Waals surface area contributed by atoms with E-state index in [0.717, 1.165) is 5.56 Å². The van der Waals surface area contributed by atoms with Crippen molar-refractivity contribution in [3.8, 4) is 17.1 Å². The van der Waals surface area contributed by atoms with E-state index in [1.807, 2.05) is 30.3 Å². The molecule has 0 atom stereocenters. The first-order valence-electron chi connectivity index (χ1n) is 7.74.